The molecule has 2 heterocycles. The molecule has 4 rings (SSSR count). The number of carbonyl (C=O) groups is 2. The molecule has 172 valence electrons. The van der Waals surface area contributed by atoms with Gasteiger partial charge in [0, 0.05) is 37.3 Å². The van der Waals surface area contributed by atoms with Crippen LogP contribution in [0.1, 0.15) is 32.6 Å². The van der Waals surface area contributed by atoms with E-state index in [9.17, 15) is 9.59 Å². The average molecular weight is 466 g/mol. The SMILES string of the molecule is CCOc1ccc(-c2nc(C)c(C(=O)N3CCN(C(=O)c4cccc(OC)c4)CC3)s2)cc1. The lowest BCUT2D eigenvalue weighted by molar-refractivity contribution is 0.0537. The summed E-state index contributed by atoms with van der Waals surface area (Å²) in [6, 6.07) is 14.9. The number of hydrogen-bond donors (Lipinski definition) is 0. The zero-order valence-corrected chi connectivity index (χ0v) is 19.9. The van der Waals surface area contributed by atoms with Crippen molar-refractivity contribution in [3.8, 4) is 22.1 Å². The molecule has 8 heteroatoms. The summed E-state index contributed by atoms with van der Waals surface area (Å²) in [5, 5.41) is 0.811. The van der Waals surface area contributed by atoms with Gasteiger partial charge in [-0.3, -0.25) is 9.59 Å². The lowest BCUT2D eigenvalue weighted by atomic mass is 10.1. The number of aromatic nitrogens is 1. The maximum atomic E-state index is 13.2. The van der Waals surface area contributed by atoms with Crippen molar-refractivity contribution in [1.82, 2.24) is 14.8 Å². The minimum absolute atomic E-state index is 0.0318. The highest BCUT2D eigenvalue weighted by atomic mass is 32.1. The molecule has 1 aliphatic heterocycles. The number of methoxy groups -OCH3 is 1. The standard InChI is InChI=1S/C25H27N3O4S/c1-4-32-20-10-8-18(9-11-20)23-26-17(2)22(33-23)25(30)28-14-12-27(13-15-28)24(29)19-6-5-7-21(16-19)31-3/h5-11,16H,4,12-15H2,1-3H3. The van der Waals surface area contributed by atoms with Gasteiger partial charge < -0.3 is 19.3 Å². The maximum Gasteiger partial charge on any atom is 0.265 e. The van der Waals surface area contributed by atoms with Crippen LogP contribution in [0.2, 0.25) is 0 Å². The first kappa shape index (κ1) is 22.8. The number of benzene rings is 2. The molecular formula is C25H27N3O4S. The van der Waals surface area contributed by atoms with Crippen LogP contribution in [0.3, 0.4) is 0 Å². The molecule has 33 heavy (non-hydrogen) atoms. The van der Waals surface area contributed by atoms with Crippen molar-refractivity contribution in [2.24, 2.45) is 0 Å². The number of ether oxygens (including phenoxy) is 2. The fourth-order valence-corrected chi connectivity index (χ4v) is 4.81. The van der Waals surface area contributed by atoms with Crippen molar-refractivity contribution in [2.75, 3.05) is 39.9 Å². The van der Waals surface area contributed by atoms with Crippen molar-refractivity contribution in [1.29, 1.82) is 0 Å². The Labute approximate surface area is 197 Å². The summed E-state index contributed by atoms with van der Waals surface area (Å²) in [5.74, 6) is 1.38. The van der Waals surface area contributed by atoms with Gasteiger partial charge in [-0.15, -0.1) is 11.3 Å². The molecule has 7 nitrogen and oxygen atoms in total. The number of aryl methyl sites for hydroxylation is 1. The van der Waals surface area contributed by atoms with Gasteiger partial charge in [0.1, 0.15) is 21.4 Å². The van der Waals surface area contributed by atoms with Crippen LogP contribution in [-0.4, -0.2) is 66.5 Å². The van der Waals surface area contributed by atoms with E-state index in [1.807, 2.05) is 44.2 Å². The van der Waals surface area contributed by atoms with Crippen LogP contribution in [-0.2, 0) is 0 Å². The number of carbonyl (C=O) groups excluding carboxylic acids is 2. The predicted octanol–water partition coefficient (Wildman–Crippen LogP) is 4.12. The van der Waals surface area contributed by atoms with E-state index in [-0.39, 0.29) is 11.8 Å². The molecule has 0 spiro atoms. The van der Waals surface area contributed by atoms with Gasteiger partial charge >= 0.3 is 0 Å². The van der Waals surface area contributed by atoms with E-state index in [4.69, 9.17) is 9.47 Å². The fourth-order valence-electron chi connectivity index (χ4n) is 3.77. The zero-order chi connectivity index (χ0) is 23.4. The number of nitrogens with zero attached hydrogens (tertiary/aromatic N) is 3. The van der Waals surface area contributed by atoms with E-state index >= 15 is 0 Å². The Morgan fingerprint density at radius 2 is 1.64 bits per heavy atom. The van der Waals surface area contributed by atoms with E-state index in [0.29, 0.717) is 49.0 Å². The third-order valence-electron chi connectivity index (χ3n) is 5.57. The quantitative estimate of drug-likeness (QED) is 0.548. The summed E-state index contributed by atoms with van der Waals surface area (Å²) >= 11 is 1.40. The highest BCUT2D eigenvalue weighted by molar-refractivity contribution is 7.17. The number of piperazine rings is 1. The number of hydrogen-bond acceptors (Lipinski definition) is 6. The van der Waals surface area contributed by atoms with Crippen LogP contribution < -0.4 is 9.47 Å². The molecule has 1 aliphatic rings. The molecule has 1 aromatic heterocycles. The minimum atomic E-state index is -0.0484. The van der Waals surface area contributed by atoms with Gasteiger partial charge in [-0.05, 0) is 56.3 Å². The summed E-state index contributed by atoms with van der Waals surface area (Å²) < 4.78 is 10.7. The molecule has 3 aromatic rings. The van der Waals surface area contributed by atoms with Crippen molar-refractivity contribution in [3.05, 3.63) is 64.7 Å². The fraction of sp³-hybridized carbons (Fsp3) is 0.320. The van der Waals surface area contributed by atoms with Crippen molar-refractivity contribution in [3.63, 3.8) is 0 Å². The first-order chi connectivity index (χ1) is 16.0. The summed E-state index contributed by atoms with van der Waals surface area (Å²) in [7, 11) is 1.58. The molecule has 1 fully saturated rings. The second-order valence-corrected chi connectivity index (χ2v) is 8.71. The van der Waals surface area contributed by atoms with Gasteiger partial charge in [-0.25, -0.2) is 4.98 Å². The van der Waals surface area contributed by atoms with Gasteiger partial charge in [0.15, 0.2) is 0 Å². The summed E-state index contributed by atoms with van der Waals surface area (Å²) in [6.45, 7) is 6.40. The predicted molar refractivity (Wildman–Crippen MR) is 128 cm³/mol. The molecule has 0 unspecified atom stereocenters. The van der Waals surface area contributed by atoms with Gasteiger partial charge in [0.05, 0.1) is 19.4 Å². The van der Waals surface area contributed by atoms with Crippen molar-refractivity contribution >= 4 is 23.2 Å². The third-order valence-corrected chi connectivity index (χ3v) is 6.77. The smallest absolute Gasteiger partial charge is 0.265 e. The molecule has 0 bridgehead atoms. The van der Waals surface area contributed by atoms with Crippen LogP contribution in [0.5, 0.6) is 11.5 Å². The minimum Gasteiger partial charge on any atom is -0.497 e. The molecule has 0 radical (unpaired) electrons. The molecule has 0 saturated carbocycles. The summed E-state index contributed by atoms with van der Waals surface area (Å²) in [4.78, 5) is 34.9. The first-order valence-corrected chi connectivity index (χ1v) is 11.7. The summed E-state index contributed by atoms with van der Waals surface area (Å²) in [6.07, 6.45) is 0. The topological polar surface area (TPSA) is 72.0 Å². The van der Waals surface area contributed by atoms with Gasteiger partial charge in [-0.1, -0.05) is 6.07 Å². The Morgan fingerprint density at radius 3 is 2.27 bits per heavy atom. The molecular weight excluding hydrogens is 438 g/mol. The summed E-state index contributed by atoms with van der Waals surface area (Å²) in [5.41, 5.74) is 2.27. The Balaban J connectivity index is 1.41. The van der Waals surface area contributed by atoms with E-state index in [1.165, 1.54) is 11.3 Å². The first-order valence-electron chi connectivity index (χ1n) is 10.9. The second kappa shape index (κ2) is 10.0. The molecule has 0 N–H and O–H groups in total. The lowest BCUT2D eigenvalue weighted by Crippen LogP contribution is -2.50. The van der Waals surface area contributed by atoms with Crippen LogP contribution in [0.4, 0.5) is 0 Å². The van der Waals surface area contributed by atoms with Crippen LogP contribution >= 0.6 is 11.3 Å². The number of thiazole rings is 1. The molecule has 2 amide bonds. The Morgan fingerprint density at radius 1 is 0.970 bits per heavy atom. The monoisotopic (exact) mass is 465 g/mol. The Kier molecular flexibility index (Phi) is 6.93. The molecule has 0 aliphatic carbocycles. The zero-order valence-electron chi connectivity index (χ0n) is 19.0. The van der Waals surface area contributed by atoms with Crippen molar-refractivity contribution in [2.45, 2.75) is 13.8 Å². The average Bonchev–Trinajstić information content (AvgIpc) is 3.25. The van der Waals surface area contributed by atoms with Crippen LogP contribution in [0.15, 0.2) is 48.5 Å². The second-order valence-electron chi connectivity index (χ2n) is 7.71. The van der Waals surface area contributed by atoms with E-state index in [1.54, 1.807) is 35.1 Å². The molecule has 1 saturated heterocycles. The van der Waals surface area contributed by atoms with Gasteiger partial charge in [0.25, 0.3) is 11.8 Å². The van der Waals surface area contributed by atoms with Crippen LogP contribution in [0.25, 0.3) is 10.6 Å². The Hall–Kier alpha value is -3.39. The van der Waals surface area contributed by atoms with E-state index < -0.39 is 0 Å². The van der Waals surface area contributed by atoms with E-state index in [2.05, 4.69) is 4.98 Å². The van der Waals surface area contributed by atoms with Gasteiger partial charge in [-0.2, -0.15) is 0 Å². The highest BCUT2D eigenvalue weighted by Crippen LogP contribution is 2.30. The lowest BCUT2D eigenvalue weighted by Gasteiger charge is -2.34. The van der Waals surface area contributed by atoms with E-state index in [0.717, 1.165) is 22.0 Å². The normalized spacial score (nSPS) is 13.7. The maximum absolute atomic E-state index is 13.2. The van der Waals surface area contributed by atoms with Crippen LogP contribution in [0, 0.1) is 6.92 Å². The Bertz CT molecular complexity index is 1130. The number of rotatable bonds is 6. The molecule has 0 atom stereocenters. The van der Waals surface area contributed by atoms with Gasteiger partial charge in [0.2, 0.25) is 0 Å². The van der Waals surface area contributed by atoms with Crippen molar-refractivity contribution < 1.29 is 19.1 Å². The molecule has 2 aromatic carbocycles. The highest BCUT2D eigenvalue weighted by Gasteiger charge is 2.28. The largest absolute Gasteiger partial charge is 0.497 e. The third kappa shape index (κ3) is 5.01. The number of amides is 2.